The van der Waals surface area contributed by atoms with Crippen molar-refractivity contribution in [3.8, 4) is 5.69 Å². The maximum Gasteiger partial charge on any atom is 0.152 e. The zero-order valence-corrected chi connectivity index (χ0v) is 12.0. The molecule has 0 bridgehead atoms. The van der Waals surface area contributed by atoms with Crippen LogP contribution in [-0.4, -0.2) is 47.7 Å². The highest BCUT2D eigenvalue weighted by Crippen LogP contribution is 2.12. The molecule has 5 nitrogen and oxygen atoms in total. The molecule has 0 amide bonds. The Labute approximate surface area is 118 Å². The van der Waals surface area contributed by atoms with Crippen LogP contribution in [0.15, 0.2) is 42.7 Å². The van der Waals surface area contributed by atoms with Gasteiger partial charge < -0.3 is 0 Å². The molecule has 0 saturated carbocycles. The van der Waals surface area contributed by atoms with Crippen molar-refractivity contribution in [2.75, 3.05) is 24.6 Å². The summed E-state index contributed by atoms with van der Waals surface area (Å²) < 4.78 is 24.6. The molecule has 1 aromatic carbocycles. The van der Waals surface area contributed by atoms with Crippen molar-refractivity contribution in [3.05, 3.63) is 48.3 Å². The van der Waals surface area contributed by atoms with Crippen LogP contribution in [0.4, 0.5) is 0 Å². The number of rotatable bonds is 3. The van der Waals surface area contributed by atoms with Gasteiger partial charge in [0, 0.05) is 32.0 Å². The minimum Gasteiger partial charge on any atom is -0.297 e. The van der Waals surface area contributed by atoms with Gasteiger partial charge >= 0.3 is 0 Å². The molecule has 1 aliphatic rings. The van der Waals surface area contributed by atoms with Gasteiger partial charge in [-0.25, -0.2) is 13.1 Å². The molecule has 0 N–H and O–H groups in total. The average Bonchev–Trinajstić information content (AvgIpc) is 2.96. The van der Waals surface area contributed by atoms with Gasteiger partial charge in [-0.3, -0.25) is 4.90 Å². The molecule has 6 heteroatoms. The molecule has 0 atom stereocenters. The molecule has 1 aliphatic heterocycles. The van der Waals surface area contributed by atoms with Crippen LogP contribution in [0.2, 0.25) is 0 Å². The van der Waals surface area contributed by atoms with Crippen LogP contribution in [0.3, 0.4) is 0 Å². The van der Waals surface area contributed by atoms with Crippen molar-refractivity contribution < 1.29 is 8.42 Å². The smallest absolute Gasteiger partial charge is 0.152 e. The van der Waals surface area contributed by atoms with E-state index in [2.05, 4.69) is 22.1 Å². The Morgan fingerprint density at radius 2 is 1.80 bits per heavy atom. The van der Waals surface area contributed by atoms with Gasteiger partial charge in [0.2, 0.25) is 0 Å². The fourth-order valence-corrected chi connectivity index (χ4v) is 3.62. The number of hydrogen-bond acceptors (Lipinski definition) is 4. The van der Waals surface area contributed by atoms with Crippen molar-refractivity contribution in [1.82, 2.24) is 14.7 Å². The molecule has 0 radical (unpaired) electrons. The summed E-state index contributed by atoms with van der Waals surface area (Å²) in [5, 5.41) is 4.19. The number of nitrogens with zero attached hydrogens (tertiary/aromatic N) is 3. The van der Waals surface area contributed by atoms with E-state index < -0.39 is 9.84 Å². The molecule has 20 heavy (non-hydrogen) atoms. The zero-order valence-electron chi connectivity index (χ0n) is 11.1. The maximum absolute atomic E-state index is 11.4. The topological polar surface area (TPSA) is 55.2 Å². The van der Waals surface area contributed by atoms with E-state index in [1.807, 2.05) is 29.1 Å². The Morgan fingerprint density at radius 1 is 1.10 bits per heavy atom. The second-order valence-electron chi connectivity index (χ2n) is 5.05. The second kappa shape index (κ2) is 5.38. The highest BCUT2D eigenvalue weighted by Gasteiger charge is 2.21. The molecular weight excluding hydrogens is 274 g/mol. The van der Waals surface area contributed by atoms with E-state index in [1.54, 1.807) is 6.20 Å². The summed E-state index contributed by atoms with van der Waals surface area (Å²) in [5.74, 6) is 0.552. The molecule has 0 unspecified atom stereocenters. The van der Waals surface area contributed by atoms with Crippen LogP contribution >= 0.6 is 0 Å². The predicted molar refractivity (Wildman–Crippen MR) is 77.5 cm³/mol. The van der Waals surface area contributed by atoms with Gasteiger partial charge in [-0.2, -0.15) is 5.10 Å². The van der Waals surface area contributed by atoms with Gasteiger partial charge in [0.25, 0.3) is 0 Å². The standard InChI is InChI=1S/C14H17N3O2S/c18-20(19)10-8-16(9-11-20)12-13-2-4-14(5-3-13)17-7-1-6-15-17/h1-7H,8-12H2. The third kappa shape index (κ3) is 3.08. The highest BCUT2D eigenvalue weighted by atomic mass is 32.2. The Hall–Kier alpha value is -1.66. The molecule has 0 spiro atoms. The van der Waals surface area contributed by atoms with Crippen LogP contribution in [0, 0.1) is 0 Å². The minimum absolute atomic E-state index is 0.276. The van der Waals surface area contributed by atoms with E-state index in [4.69, 9.17) is 0 Å². The van der Waals surface area contributed by atoms with Gasteiger partial charge in [0.05, 0.1) is 17.2 Å². The lowest BCUT2D eigenvalue weighted by Gasteiger charge is -2.26. The highest BCUT2D eigenvalue weighted by molar-refractivity contribution is 7.91. The molecule has 2 aromatic rings. The van der Waals surface area contributed by atoms with Crippen molar-refractivity contribution in [3.63, 3.8) is 0 Å². The summed E-state index contributed by atoms with van der Waals surface area (Å²) in [6.45, 7) is 2.06. The van der Waals surface area contributed by atoms with Crippen molar-refractivity contribution in [1.29, 1.82) is 0 Å². The lowest BCUT2D eigenvalue weighted by molar-refractivity contribution is 0.287. The molecule has 1 saturated heterocycles. The van der Waals surface area contributed by atoms with E-state index in [0.29, 0.717) is 13.1 Å². The lowest BCUT2D eigenvalue weighted by atomic mass is 10.2. The van der Waals surface area contributed by atoms with Crippen LogP contribution in [0.25, 0.3) is 5.69 Å². The Kier molecular flexibility index (Phi) is 3.58. The van der Waals surface area contributed by atoms with E-state index in [0.717, 1.165) is 12.2 Å². The van der Waals surface area contributed by atoms with Gasteiger partial charge in [-0.1, -0.05) is 12.1 Å². The molecule has 3 rings (SSSR count). The van der Waals surface area contributed by atoms with Crippen molar-refractivity contribution in [2.45, 2.75) is 6.54 Å². The van der Waals surface area contributed by atoms with E-state index in [-0.39, 0.29) is 11.5 Å². The van der Waals surface area contributed by atoms with E-state index in [9.17, 15) is 8.42 Å². The fourth-order valence-electron chi connectivity index (χ4n) is 2.34. The summed E-state index contributed by atoms with van der Waals surface area (Å²) in [7, 11) is -2.80. The summed E-state index contributed by atoms with van der Waals surface area (Å²) in [4.78, 5) is 2.18. The number of hydrogen-bond donors (Lipinski definition) is 0. The molecule has 2 heterocycles. The van der Waals surface area contributed by atoms with Crippen LogP contribution < -0.4 is 0 Å². The monoisotopic (exact) mass is 291 g/mol. The van der Waals surface area contributed by atoms with E-state index in [1.165, 1.54) is 5.56 Å². The number of benzene rings is 1. The predicted octanol–water partition coefficient (Wildman–Crippen LogP) is 1.10. The van der Waals surface area contributed by atoms with Crippen molar-refractivity contribution in [2.24, 2.45) is 0 Å². The van der Waals surface area contributed by atoms with E-state index >= 15 is 0 Å². The average molecular weight is 291 g/mol. The third-order valence-electron chi connectivity index (χ3n) is 3.55. The van der Waals surface area contributed by atoms with Crippen LogP contribution in [0.5, 0.6) is 0 Å². The Morgan fingerprint density at radius 3 is 2.40 bits per heavy atom. The molecule has 106 valence electrons. The minimum atomic E-state index is -2.80. The Balaban J connectivity index is 1.64. The Bertz CT molecular complexity index is 649. The molecule has 1 aromatic heterocycles. The summed E-state index contributed by atoms with van der Waals surface area (Å²) >= 11 is 0. The summed E-state index contributed by atoms with van der Waals surface area (Å²) in [6.07, 6.45) is 3.66. The second-order valence-corrected chi connectivity index (χ2v) is 7.35. The van der Waals surface area contributed by atoms with Crippen LogP contribution in [-0.2, 0) is 16.4 Å². The van der Waals surface area contributed by atoms with Gasteiger partial charge in [0.1, 0.15) is 0 Å². The molecular formula is C14H17N3O2S. The fraction of sp³-hybridized carbons (Fsp3) is 0.357. The first kappa shape index (κ1) is 13.3. The zero-order chi connectivity index (χ0) is 14.0. The first-order valence-electron chi connectivity index (χ1n) is 6.64. The molecule has 0 aliphatic carbocycles. The van der Waals surface area contributed by atoms with Crippen LogP contribution in [0.1, 0.15) is 5.56 Å². The van der Waals surface area contributed by atoms with Gasteiger partial charge in [-0.05, 0) is 23.8 Å². The maximum atomic E-state index is 11.4. The SMILES string of the molecule is O=S1(=O)CCN(Cc2ccc(-n3cccn3)cc2)CC1. The third-order valence-corrected chi connectivity index (χ3v) is 5.16. The number of aromatic nitrogens is 2. The number of sulfone groups is 1. The lowest BCUT2D eigenvalue weighted by Crippen LogP contribution is -2.39. The first-order chi connectivity index (χ1) is 9.62. The normalized spacial score (nSPS) is 19.0. The van der Waals surface area contributed by atoms with Crippen molar-refractivity contribution >= 4 is 9.84 Å². The van der Waals surface area contributed by atoms with Gasteiger partial charge in [0.15, 0.2) is 9.84 Å². The first-order valence-corrected chi connectivity index (χ1v) is 8.46. The molecule has 1 fully saturated rings. The largest absolute Gasteiger partial charge is 0.297 e. The quantitative estimate of drug-likeness (QED) is 0.850. The summed E-state index contributed by atoms with van der Waals surface area (Å²) in [5.41, 5.74) is 2.22. The van der Waals surface area contributed by atoms with Gasteiger partial charge in [-0.15, -0.1) is 0 Å². The summed E-state index contributed by atoms with van der Waals surface area (Å²) in [6, 6.07) is 10.1.